The number of hydrogen-bond donors (Lipinski definition) is 2. The molecule has 0 fully saturated rings. The van der Waals surface area contributed by atoms with Gasteiger partial charge in [0.2, 0.25) is 0 Å². The summed E-state index contributed by atoms with van der Waals surface area (Å²) in [4.78, 5) is 14.6. The predicted octanol–water partition coefficient (Wildman–Crippen LogP) is 0.856. The number of pyridine rings is 1. The Kier molecular flexibility index (Phi) is 2.32. The molecule has 2 heterocycles. The van der Waals surface area contributed by atoms with Gasteiger partial charge < -0.3 is 10.8 Å². The highest BCUT2D eigenvalue weighted by molar-refractivity contribution is 5.87. The van der Waals surface area contributed by atoms with Gasteiger partial charge in [0.15, 0.2) is 5.82 Å². The number of carboxylic acid groups (broad SMARTS) is 1. The van der Waals surface area contributed by atoms with E-state index in [1.807, 2.05) is 6.92 Å². The minimum atomic E-state index is -1.00. The Bertz CT molecular complexity index is 530. The van der Waals surface area contributed by atoms with E-state index < -0.39 is 5.97 Å². The van der Waals surface area contributed by atoms with Gasteiger partial charge in [-0.2, -0.15) is 5.10 Å². The van der Waals surface area contributed by atoms with E-state index in [0.29, 0.717) is 11.5 Å². The molecule has 0 spiro atoms. The maximum Gasteiger partial charge on any atom is 0.337 e. The van der Waals surface area contributed by atoms with Crippen LogP contribution in [0.1, 0.15) is 16.1 Å². The molecule has 0 saturated heterocycles. The fraction of sp³-hybridized carbons (Fsp3) is 0.100. The summed E-state index contributed by atoms with van der Waals surface area (Å²) in [5.41, 5.74) is 7.14. The molecular formula is C10H10N4O2. The SMILES string of the molecule is Cc1c(N)cnn1-c1ccc(C(=O)O)cn1. The summed E-state index contributed by atoms with van der Waals surface area (Å²) in [5, 5.41) is 12.8. The Morgan fingerprint density at radius 2 is 2.19 bits per heavy atom. The lowest BCUT2D eigenvalue weighted by Crippen LogP contribution is -2.04. The number of rotatable bonds is 2. The molecular weight excluding hydrogens is 208 g/mol. The highest BCUT2D eigenvalue weighted by Crippen LogP contribution is 2.13. The molecule has 0 aliphatic heterocycles. The van der Waals surface area contributed by atoms with E-state index in [4.69, 9.17) is 10.8 Å². The summed E-state index contributed by atoms with van der Waals surface area (Å²) < 4.78 is 1.56. The third kappa shape index (κ3) is 1.60. The number of carboxylic acids is 1. The predicted molar refractivity (Wildman–Crippen MR) is 57.5 cm³/mol. The van der Waals surface area contributed by atoms with Crippen molar-refractivity contribution in [3.05, 3.63) is 35.8 Å². The van der Waals surface area contributed by atoms with Crippen molar-refractivity contribution < 1.29 is 9.90 Å². The summed E-state index contributed by atoms with van der Waals surface area (Å²) in [6, 6.07) is 3.06. The Hall–Kier alpha value is -2.37. The largest absolute Gasteiger partial charge is 0.478 e. The molecule has 0 radical (unpaired) electrons. The first-order valence-corrected chi connectivity index (χ1v) is 4.59. The lowest BCUT2D eigenvalue weighted by molar-refractivity contribution is 0.0696. The van der Waals surface area contributed by atoms with Crippen LogP contribution in [0.3, 0.4) is 0 Å². The van der Waals surface area contributed by atoms with Crippen molar-refractivity contribution in [3.8, 4) is 5.82 Å². The summed E-state index contributed by atoms with van der Waals surface area (Å²) in [6.07, 6.45) is 2.82. The summed E-state index contributed by atoms with van der Waals surface area (Å²) in [7, 11) is 0. The monoisotopic (exact) mass is 218 g/mol. The van der Waals surface area contributed by atoms with Crippen molar-refractivity contribution in [2.75, 3.05) is 5.73 Å². The Morgan fingerprint density at radius 3 is 2.62 bits per heavy atom. The van der Waals surface area contributed by atoms with Crippen molar-refractivity contribution >= 4 is 11.7 Å². The van der Waals surface area contributed by atoms with Gasteiger partial charge in [-0.15, -0.1) is 0 Å². The second kappa shape index (κ2) is 3.65. The van der Waals surface area contributed by atoms with E-state index >= 15 is 0 Å². The smallest absolute Gasteiger partial charge is 0.337 e. The van der Waals surface area contributed by atoms with Crippen LogP contribution in [-0.4, -0.2) is 25.8 Å². The maximum atomic E-state index is 10.6. The number of aromatic nitrogens is 3. The van der Waals surface area contributed by atoms with E-state index in [2.05, 4.69) is 10.1 Å². The zero-order valence-corrected chi connectivity index (χ0v) is 8.58. The number of nitrogens with two attached hydrogens (primary N) is 1. The van der Waals surface area contributed by atoms with E-state index in [1.54, 1.807) is 10.7 Å². The topological polar surface area (TPSA) is 94.0 Å². The van der Waals surface area contributed by atoms with Crippen molar-refractivity contribution in [3.63, 3.8) is 0 Å². The van der Waals surface area contributed by atoms with E-state index in [1.165, 1.54) is 18.5 Å². The van der Waals surface area contributed by atoms with E-state index in [-0.39, 0.29) is 5.56 Å². The average molecular weight is 218 g/mol. The van der Waals surface area contributed by atoms with Crippen LogP contribution in [0.5, 0.6) is 0 Å². The first-order chi connectivity index (χ1) is 7.59. The Labute approximate surface area is 91.3 Å². The third-order valence-corrected chi connectivity index (χ3v) is 2.26. The number of aromatic carboxylic acids is 1. The van der Waals surface area contributed by atoms with Gasteiger partial charge in [-0.1, -0.05) is 0 Å². The van der Waals surface area contributed by atoms with Crippen LogP contribution in [0.2, 0.25) is 0 Å². The van der Waals surface area contributed by atoms with Crippen LogP contribution >= 0.6 is 0 Å². The Morgan fingerprint density at radius 1 is 1.44 bits per heavy atom. The first kappa shape index (κ1) is 10.2. The van der Waals surface area contributed by atoms with Gasteiger partial charge in [0.1, 0.15) is 0 Å². The normalized spacial score (nSPS) is 10.3. The molecule has 0 bridgehead atoms. The molecule has 6 nitrogen and oxygen atoms in total. The molecule has 0 unspecified atom stereocenters. The summed E-state index contributed by atoms with van der Waals surface area (Å²) in [6.45, 7) is 1.81. The molecule has 0 saturated carbocycles. The second-order valence-electron chi connectivity index (χ2n) is 3.31. The fourth-order valence-electron chi connectivity index (χ4n) is 1.29. The molecule has 0 aromatic carbocycles. The average Bonchev–Trinajstić information content (AvgIpc) is 2.60. The molecule has 0 amide bonds. The molecule has 2 aromatic rings. The molecule has 2 rings (SSSR count). The second-order valence-corrected chi connectivity index (χ2v) is 3.31. The first-order valence-electron chi connectivity index (χ1n) is 4.59. The van der Waals surface area contributed by atoms with Gasteiger partial charge in [0.25, 0.3) is 0 Å². The quantitative estimate of drug-likeness (QED) is 0.779. The van der Waals surface area contributed by atoms with Crippen molar-refractivity contribution in [1.29, 1.82) is 0 Å². The van der Waals surface area contributed by atoms with Crippen molar-refractivity contribution in [1.82, 2.24) is 14.8 Å². The van der Waals surface area contributed by atoms with Gasteiger partial charge in [0, 0.05) is 6.20 Å². The molecule has 2 aromatic heterocycles. The molecule has 16 heavy (non-hydrogen) atoms. The summed E-state index contributed by atoms with van der Waals surface area (Å²) in [5.74, 6) is -0.463. The number of carbonyl (C=O) groups is 1. The zero-order valence-electron chi connectivity index (χ0n) is 8.58. The molecule has 82 valence electrons. The molecule has 0 aliphatic rings. The van der Waals surface area contributed by atoms with Crippen molar-refractivity contribution in [2.45, 2.75) is 6.92 Å². The van der Waals surface area contributed by atoms with Crippen LogP contribution < -0.4 is 5.73 Å². The van der Waals surface area contributed by atoms with E-state index in [0.717, 1.165) is 5.69 Å². The van der Waals surface area contributed by atoms with Gasteiger partial charge in [0.05, 0.1) is 23.1 Å². The highest BCUT2D eigenvalue weighted by atomic mass is 16.4. The Balaban J connectivity index is 2.42. The van der Waals surface area contributed by atoms with E-state index in [9.17, 15) is 4.79 Å². The summed E-state index contributed by atoms with van der Waals surface area (Å²) >= 11 is 0. The minimum Gasteiger partial charge on any atom is -0.478 e. The molecule has 3 N–H and O–H groups in total. The lowest BCUT2D eigenvalue weighted by Gasteiger charge is -2.03. The van der Waals surface area contributed by atoms with Gasteiger partial charge in [-0.05, 0) is 19.1 Å². The highest BCUT2D eigenvalue weighted by Gasteiger charge is 2.08. The van der Waals surface area contributed by atoms with Crippen LogP contribution in [0, 0.1) is 6.92 Å². The number of nitrogens with zero attached hydrogens (tertiary/aromatic N) is 3. The van der Waals surface area contributed by atoms with Gasteiger partial charge in [-0.25, -0.2) is 14.5 Å². The standard InChI is InChI=1S/C10H10N4O2/c1-6-8(11)5-13-14(6)9-3-2-7(4-12-9)10(15)16/h2-5H,11H2,1H3,(H,15,16). The minimum absolute atomic E-state index is 0.140. The zero-order chi connectivity index (χ0) is 11.7. The lowest BCUT2D eigenvalue weighted by atomic mass is 10.3. The number of nitrogen functional groups attached to an aromatic ring is 1. The van der Waals surface area contributed by atoms with Gasteiger partial charge >= 0.3 is 5.97 Å². The molecule has 6 heteroatoms. The van der Waals surface area contributed by atoms with Crippen LogP contribution in [0.15, 0.2) is 24.5 Å². The van der Waals surface area contributed by atoms with Crippen molar-refractivity contribution in [2.24, 2.45) is 0 Å². The third-order valence-electron chi connectivity index (χ3n) is 2.26. The van der Waals surface area contributed by atoms with Crippen LogP contribution in [0.4, 0.5) is 5.69 Å². The van der Waals surface area contributed by atoms with Crippen LogP contribution in [0.25, 0.3) is 5.82 Å². The molecule has 0 aliphatic carbocycles. The van der Waals surface area contributed by atoms with Crippen LogP contribution in [-0.2, 0) is 0 Å². The number of hydrogen-bond acceptors (Lipinski definition) is 4. The number of anilines is 1. The molecule has 0 atom stereocenters. The van der Waals surface area contributed by atoms with Gasteiger partial charge in [-0.3, -0.25) is 0 Å². The maximum absolute atomic E-state index is 10.6. The fourth-order valence-corrected chi connectivity index (χ4v) is 1.29.